The lowest BCUT2D eigenvalue weighted by molar-refractivity contribution is 0.128. The average molecular weight is 138 g/mol. The zero-order valence-electron chi connectivity index (χ0n) is 4.76. The second kappa shape index (κ2) is 4.13. The molecule has 0 heterocycles. The molecule has 1 fully saturated rings. The molecular weight excluding hydrogens is 126 g/mol. The molecule has 1 rings (SSSR count). The van der Waals surface area contributed by atoms with Crippen LogP contribution in [0.25, 0.3) is 0 Å². The normalized spacial score (nSPS) is 20.6. The van der Waals surface area contributed by atoms with Crippen molar-refractivity contribution in [2.75, 3.05) is 0 Å². The number of hydrogen-bond donors (Lipinski definition) is 2. The van der Waals surface area contributed by atoms with Crippen molar-refractivity contribution in [1.29, 1.82) is 0 Å². The van der Waals surface area contributed by atoms with Gasteiger partial charge in [0.1, 0.15) is 0 Å². The minimum Gasteiger partial charge on any atom is -0.317 e. The molecule has 1 aliphatic carbocycles. The van der Waals surface area contributed by atoms with Crippen LogP contribution in [0.2, 0.25) is 0 Å². The van der Waals surface area contributed by atoms with E-state index < -0.39 is 0 Å². The van der Waals surface area contributed by atoms with Crippen molar-refractivity contribution in [3.63, 3.8) is 0 Å². The van der Waals surface area contributed by atoms with Gasteiger partial charge in [0.15, 0.2) is 0 Å². The van der Waals surface area contributed by atoms with Gasteiger partial charge in [0.2, 0.25) is 0 Å². The van der Waals surface area contributed by atoms with E-state index in [2.05, 4.69) is 5.48 Å². The van der Waals surface area contributed by atoms with Crippen LogP contribution in [0, 0.1) is 0 Å². The maximum Gasteiger partial charge on any atom is 0.0319 e. The fraction of sp³-hybridized carbons (Fsp3) is 1.00. The molecule has 0 aromatic carbocycles. The first kappa shape index (κ1) is 8.21. The Balaban J connectivity index is 0.000000490. The Kier molecular flexibility index (Phi) is 4.23. The van der Waals surface area contributed by atoms with E-state index in [0.29, 0.717) is 6.04 Å². The van der Waals surface area contributed by atoms with E-state index in [0.717, 1.165) is 12.8 Å². The van der Waals surface area contributed by atoms with Gasteiger partial charge in [0.25, 0.3) is 0 Å². The van der Waals surface area contributed by atoms with Crippen molar-refractivity contribution in [3.05, 3.63) is 0 Å². The number of halogens is 1. The fourth-order valence-corrected chi connectivity index (χ4v) is 1.05. The first-order valence-corrected chi connectivity index (χ1v) is 2.83. The summed E-state index contributed by atoms with van der Waals surface area (Å²) in [5.41, 5.74) is 2.26. The molecular formula is C5H12ClNO. The highest BCUT2D eigenvalue weighted by molar-refractivity contribution is 5.85. The molecule has 0 bridgehead atoms. The maximum absolute atomic E-state index is 8.32. The van der Waals surface area contributed by atoms with E-state index in [1.807, 2.05) is 0 Å². The third-order valence-electron chi connectivity index (χ3n) is 1.54. The lowest BCUT2D eigenvalue weighted by atomic mass is 10.3. The molecule has 0 spiro atoms. The first-order valence-electron chi connectivity index (χ1n) is 2.83. The predicted octanol–water partition coefficient (Wildman–Crippen LogP) is 1.33. The fourth-order valence-electron chi connectivity index (χ4n) is 1.05. The standard InChI is InChI=1S/C5H11NO.ClH/c7-6-5-3-1-2-4-5;/h5-7H,1-4H2;1H. The zero-order valence-corrected chi connectivity index (χ0v) is 5.58. The van der Waals surface area contributed by atoms with Crippen LogP contribution < -0.4 is 5.48 Å². The highest BCUT2D eigenvalue weighted by Gasteiger charge is 2.11. The minimum atomic E-state index is 0. The van der Waals surface area contributed by atoms with Crippen LogP contribution in [0.3, 0.4) is 0 Å². The van der Waals surface area contributed by atoms with E-state index >= 15 is 0 Å². The van der Waals surface area contributed by atoms with Crippen LogP contribution in [-0.2, 0) is 0 Å². The average Bonchev–Trinajstić information content (AvgIpc) is 2.14. The molecule has 2 nitrogen and oxygen atoms in total. The third-order valence-corrected chi connectivity index (χ3v) is 1.54. The monoisotopic (exact) mass is 137 g/mol. The summed E-state index contributed by atoms with van der Waals surface area (Å²) in [4.78, 5) is 0. The van der Waals surface area contributed by atoms with Crippen LogP contribution in [0.15, 0.2) is 0 Å². The molecule has 8 heavy (non-hydrogen) atoms. The molecule has 2 N–H and O–H groups in total. The van der Waals surface area contributed by atoms with Crippen LogP contribution >= 0.6 is 12.4 Å². The molecule has 0 amide bonds. The number of nitrogens with one attached hydrogen (secondary N) is 1. The molecule has 1 saturated carbocycles. The summed E-state index contributed by atoms with van der Waals surface area (Å²) < 4.78 is 0. The highest BCUT2D eigenvalue weighted by Crippen LogP contribution is 2.16. The largest absolute Gasteiger partial charge is 0.317 e. The van der Waals surface area contributed by atoms with Crippen molar-refractivity contribution >= 4 is 12.4 Å². The van der Waals surface area contributed by atoms with Crippen LogP contribution in [-0.4, -0.2) is 11.2 Å². The van der Waals surface area contributed by atoms with Crippen molar-refractivity contribution in [1.82, 2.24) is 5.48 Å². The smallest absolute Gasteiger partial charge is 0.0319 e. The summed E-state index contributed by atoms with van der Waals surface area (Å²) in [6.07, 6.45) is 4.85. The van der Waals surface area contributed by atoms with Crippen molar-refractivity contribution in [3.8, 4) is 0 Å². The van der Waals surface area contributed by atoms with Crippen LogP contribution in [0.4, 0.5) is 0 Å². The van der Waals surface area contributed by atoms with Gasteiger partial charge in [-0.1, -0.05) is 12.8 Å². The van der Waals surface area contributed by atoms with E-state index in [1.54, 1.807) is 0 Å². The van der Waals surface area contributed by atoms with Gasteiger partial charge in [0.05, 0.1) is 0 Å². The predicted molar refractivity (Wildman–Crippen MR) is 34.4 cm³/mol. The summed E-state index contributed by atoms with van der Waals surface area (Å²) in [5, 5.41) is 8.32. The molecule has 0 saturated heterocycles. The van der Waals surface area contributed by atoms with Gasteiger partial charge in [-0.25, -0.2) is 5.48 Å². The van der Waals surface area contributed by atoms with Gasteiger partial charge < -0.3 is 5.21 Å². The van der Waals surface area contributed by atoms with E-state index in [-0.39, 0.29) is 12.4 Å². The number of rotatable bonds is 1. The van der Waals surface area contributed by atoms with Crippen molar-refractivity contribution in [2.45, 2.75) is 31.7 Å². The van der Waals surface area contributed by atoms with Gasteiger partial charge in [-0.15, -0.1) is 12.4 Å². The minimum absolute atomic E-state index is 0. The van der Waals surface area contributed by atoms with Crippen LogP contribution in [0.5, 0.6) is 0 Å². The molecule has 0 aromatic heterocycles. The molecule has 0 atom stereocenters. The Labute approximate surface area is 55.6 Å². The first-order chi connectivity index (χ1) is 3.43. The van der Waals surface area contributed by atoms with Gasteiger partial charge in [-0.3, -0.25) is 0 Å². The summed E-state index contributed by atoms with van der Waals surface area (Å²) in [7, 11) is 0. The lowest BCUT2D eigenvalue weighted by Gasteiger charge is -2.01. The molecule has 0 aromatic rings. The summed E-state index contributed by atoms with van der Waals surface area (Å²) >= 11 is 0. The van der Waals surface area contributed by atoms with Crippen molar-refractivity contribution in [2.24, 2.45) is 0 Å². The molecule has 0 radical (unpaired) electrons. The Hall–Kier alpha value is 0.210. The third kappa shape index (κ3) is 1.99. The lowest BCUT2D eigenvalue weighted by Crippen LogP contribution is -2.21. The Morgan fingerprint density at radius 3 is 2.00 bits per heavy atom. The van der Waals surface area contributed by atoms with E-state index in [9.17, 15) is 0 Å². The van der Waals surface area contributed by atoms with E-state index in [4.69, 9.17) is 5.21 Å². The SMILES string of the molecule is Cl.ONC1CCCC1. The summed E-state index contributed by atoms with van der Waals surface area (Å²) in [6, 6.07) is 0.403. The Morgan fingerprint density at radius 1 is 1.25 bits per heavy atom. The topological polar surface area (TPSA) is 32.3 Å². The maximum atomic E-state index is 8.32. The molecule has 3 heteroatoms. The zero-order chi connectivity index (χ0) is 5.11. The highest BCUT2D eigenvalue weighted by atomic mass is 35.5. The van der Waals surface area contributed by atoms with Gasteiger partial charge in [-0.2, -0.15) is 0 Å². The quantitative estimate of drug-likeness (QED) is 0.535. The molecule has 0 unspecified atom stereocenters. The van der Waals surface area contributed by atoms with Gasteiger partial charge in [-0.05, 0) is 12.8 Å². The molecule has 1 aliphatic rings. The molecule has 0 aliphatic heterocycles. The number of hydroxylamine groups is 1. The second-order valence-electron chi connectivity index (χ2n) is 2.11. The van der Waals surface area contributed by atoms with Crippen molar-refractivity contribution < 1.29 is 5.21 Å². The van der Waals surface area contributed by atoms with Gasteiger partial charge >= 0.3 is 0 Å². The number of hydrogen-bond acceptors (Lipinski definition) is 2. The van der Waals surface area contributed by atoms with E-state index in [1.165, 1.54) is 12.8 Å². The Bertz CT molecular complexity index is 54.4. The summed E-state index contributed by atoms with van der Waals surface area (Å²) in [6.45, 7) is 0. The summed E-state index contributed by atoms with van der Waals surface area (Å²) in [5.74, 6) is 0. The van der Waals surface area contributed by atoms with Crippen LogP contribution in [0.1, 0.15) is 25.7 Å². The second-order valence-corrected chi connectivity index (χ2v) is 2.11. The Morgan fingerprint density at radius 2 is 1.75 bits per heavy atom. The van der Waals surface area contributed by atoms with Gasteiger partial charge in [0, 0.05) is 6.04 Å². The molecule has 50 valence electrons.